The molecular formula is C18H24N2O2S2. The summed E-state index contributed by atoms with van der Waals surface area (Å²) in [5.41, 5.74) is 0.970. The van der Waals surface area contributed by atoms with Gasteiger partial charge in [0.15, 0.2) is 4.34 Å². The lowest BCUT2D eigenvalue weighted by atomic mass is 9.98. The van der Waals surface area contributed by atoms with Gasteiger partial charge in [0.1, 0.15) is 5.75 Å². The topological polar surface area (TPSA) is 42.4 Å². The number of hydrogen-bond acceptors (Lipinski definition) is 5. The number of thiazole rings is 1. The van der Waals surface area contributed by atoms with Crippen molar-refractivity contribution in [3.05, 3.63) is 18.2 Å². The summed E-state index contributed by atoms with van der Waals surface area (Å²) in [6.45, 7) is 6.95. The Labute approximate surface area is 151 Å². The maximum absolute atomic E-state index is 12.6. The van der Waals surface area contributed by atoms with Crippen LogP contribution in [0.1, 0.15) is 40.0 Å². The third-order valence-electron chi connectivity index (χ3n) is 4.45. The number of hydrogen-bond donors (Lipinski definition) is 0. The zero-order valence-corrected chi connectivity index (χ0v) is 16.1. The Morgan fingerprint density at radius 2 is 2.12 bits per heavy atom. The molecule has 0 unspecified atom stereocenters. The fourth-order valence-electron chi connectivity index (χ4n) is 3.31. The number of benzene rings is 1. The van der Waals surface area contributed by atoms with E-state index in [1.54, 1.807) is 23.1 Å². The van der Waals surface area contributed by atoms with Gasteiger partial charge in [-0.15, -0.1) is 11.3 Å². The van der Waals surface area contributed by atoms with E-state index in [4.69, 9.17) is 4.74 Å². The Kier molecular flexibility index (Phi) is 5.66. The van der Waals surface area contributed by atoms with Crippen LogP contribution in [-0.4, -0.2) is 40.2 Å². The molecule has 130 valence electrons. The number of aromatic nitrogens is 1. The second-order valence-corrected chi connectivity index (χ2v) is 8.51. The highest BCUT2D eigenvalue weighted by molar-refractivity contribution is 8.01. The van der Waals surface area contributed by atoms with Gasteiger partial charge >= 0.3 is 0 Å². The Morgan fingerprint density at radius 3 is 2.83 bits per heavy atom. The quantitative estimate of drug-likeness (QED) is 0.729. The Morgan fingerprint density at radius 1 is 1.38 bits per heavy atom. The highest BCUT2D eigenvalue weighted by Crippen LogP contribution is 2.32. The van der Waals surface area contributed by atoms with Crippen molar-refractivity contribution in [2.45, 2.75) is 56.5 Å². The largest absolute Gasteiger partial charge is 0.494 e. The number of carbonyl (C=O) groups is 1. The van der Waals surface area contributed by atoms with Crippen molar-refractivity contribution in [2.75, 3.05) is 12.4 Å². The van der Waals surface area contributed by atoms with E-state index in [0.29, 0.717) is 24.4 Å². The SMILES string of the molecule is CCOc1ccc2nc(SCC(=O)N3[C@H](C)CCC[C@H]3C)sc2c1. The smallest absolute Gasteiger partial charge is 0.233 e. The third kappa shape index (κ3) is 3.86. The first-order valence-corrected chi connectivity index (χ1v) is 10.4. The van der Waals surface area contributed by atoms with Gasteiger partial charge in [0.25, 0.3) is 0 Å². The van der Waals surface area contributed by atoms with Crippen LogP contribution < -0.4 is 4.74 Å². The van der Waals surface area contributed by atoms with E-state index < -0.39 is 0 Å². The van der Waals surface area contributed by atoms with Crippen molar-refractivity contribution >= 4 is 39.2 Å². The van der Waals surface area contributed by atoms with Crippen LogP contribution in [0, 0.1) is 0 Å². The molecule has 0 spiro atoms. The molecule has 1 saturated heterocycles. The molecule has 0 bridgehead atoms. The van der Waals surface area contributed by atoms with Gasteiger partial charge in [-0.2, -0.15) is 0 Å². The number of piperidine rings is 1. The van der Waals surface area contributed by atoms with E-state index in [9.17, 15) is 4.79 Å². The molecule has 1 aromatic heterocycles. The van der Waals surface area contributed by atoms with Crippen LogP contribution in [0.25, 0.3) is 10.2 Å². The lowest BCUT2D eigenvalue weighted by Gasteiger charge is -2.39. The average molecular weight is 365 g/mol. The van der Waals surface area contributed by atoms with Gasteiger partial charge in [-0.05, 0) is 58.2 Å². The van der Waals surface area contributed by atoms with Gasteiger partial charge in [0.05, 0.1) is 22.6 Å². The fraction of sp³-hybridized carbons (Fsp3) is 0.556. The predicted octanol–water partition coefficient (Wildman–Crippen LogP) is 4.58. The molecule has 1 aliphatic rings. The van der Waals surface area contributed by atoms with Crippen LogP contribution in [-0.2, 0) is 4.79 Å². The van der Waals surface area contributed by atoms with E-state index in [1.807, 2.05) is 25.1 Å². The van der Waals surface area contributed by atoms with Crippen LogP contribution in [0.15, 0.2) is 22.5 Å². The number of amides is 1. The molecule has 3 rings (SSSR count). The fourth-order valence-corrected chi connectivity index (χ4v) is 5.28. The minimum Gasteiger partial charge on any atom is -0.494 e. The molecule has 0 aliphatic carbocycles. The van der Waals surface area contributed by atoms with Crippen LogP contribution >= 0.6 is 23.1 Å². The molecule has 1 aliphatic heterocycles. The molecule has 2 heterocycles. The van der Waals surface area contributed by atoms with Gasteiger partial charge in [0.2, 0.25) is 5.91 Å². The Balaban J connectivity index is 1.65. The summed E-state index contributed by atoms with van der Waals surface area (Å²) in [6.07, 6.45) is 3.45. The molecule has 0 saturated carbocycles. The molecule has 0 N–H and O–H groups in total. The van der Waals surface area contributed by atoms with Crippen molar-refractivity contribution in [1.82, 2.24) is 9.88 Å². The predicted molar refractivity (Wildman–Crippen MR) is 101 cm³/mol. The number of carbonyl (C=O) groups excluding carboxylic acids is 1. The molecule has 0 radical (unpaired) electrons. The Hall–Kier alpha value is -1.27. The monoisotopic (exact) mass is 364 g/mol. The van der Waals surface area contributed by atoms with Gasteiger partial charge in [0, 0.05) is 12.1 Å². The van der Waals surface area contributed by atoms with Crippen molar-refractivity contribution in [3.63, 3.8) is 0 Å². The zero-order valence-electron chi connectivity index (χ0n) is 14.4. The van der Waals surface area contributed by atoms with E-state index >= 15 is 0 Å². The van der Waals surface area contributed by atoms with Gasteiger partial charge < -0.3 is 9.64 Å². The number of likely N-dealkylation sites (tertiary alicyclic amines) is 1. The van der Waals surface area contributed by atoms with Crippen molar-refractivity contribution in [2.24, 2.45) is 0 Å². The third-order valence-corrected chi connectivity index (χ3v) is 6.60. The summed E-state index contributed by atoms with van der Waals surface area (Å²) in [7, 11) is 0. The van der Waals surface area contributed by atoms with Crippen LogP contribution in [0.5, 0.6) is 5.75 Å². The molecule has 4 nitrogen and oxygen atoms in total. The molecule has 1 fully saturated rings. The lowest BCUT2D eigenvalue weighted by Crippen LogP contribution is -2.48. The zero-order chi connectivity index (χ0) is 17.1. The van der Waals surface area contributed by atoms with Gasteiger partial charge in [-0.3, -0.25) is 4.79 Å². The molecule has 2 atom stereocenters. The van der Waals surface area contributed by atoms with Crippen molar-refractivity contribution in [3.8, 4) is 5.75 Å². The minimum atomic E-state index is 0.231. The lowest BCUT2D eigenvalue weighted by molar-refractivity contribution is -0.134. The average Bonchev–Trinajstić information content (AvgIpc) is 2.95. The standard InChI is InChI=1S/C18H24N2O2S2/c1-4-22-14-8-9-15-16(10-14)24-18(19-15)23-11-17(21)20-12(2)6-5-7-13(20)3/h8-10,12-13H,4-7,11H2,1-3H3/t12-,13-/m1/s1. The van der Waals surface area contributed by atoms with Crippen molar-refractivity contribution in [1.29, 1.82) is 0 Å². The molecule has 2 aromatic rings. The molecule has 1 amide bonds. The maximum Gasteiger partial charge on any atom is 0.233 e. The first-order chi connectivity index (χ1) is 11.6. The molecular weight excluding hydrogens is 340 g/mol. The molecule has 6 heteroatoms. The van der Waals surface area contributed by atoms with Gasteiger partial charge in [-0.1, -0.05) is 11.8 Å². The summed E-state index contributed by atoms with van der Waals surface area (Å²) in [6, 6.07) is 6.66. The number of rotatable bonds is 5. The molecule has 1 aromatic carbocycles. The number of thioether (sulfide) groups is 1. The summed E-state index contributed by atoms with van der Waals surface area (Å²) in [4.78, 5) is 19.3. The van der Waals surface area contributed by atoms with Gasteiger partial charge in [-0.25, -0.2) is 4.98 Å². The Bertz CT molecular complexity index is 706. The summed E-state index contributed by atoms with van der Waals surface area (Å²) >= 11 is 3.18. The second-order valence-electron chi connectivity index (χ2n) is 6.26. The van der Waals surface area contributed by atoms with Crippen molar-refractivity contribution < 1.29 is 9.53 Å². The number of ether oxygens (including phenoxy) is 1. The number of fused-ring (bicyclic) bond motifs is 1. The maximum atomic E-state index is 12.6. The summed E-state index contributed by atoms with van der Waals surface area (Å²) in [5.74, 6) is 1.57. The first-order valence-electron chi connectivity index (χ1n) is 8.56. The first kappa shape index (κ1) is 17.5. The van der Waals surface area contributed by atoms with E-state index in [2.05, 4.69) is 23.7 Å². The minimum absolute atomic E-state index is 0.231. The summed E-state index contributed by atoms with van der Waals surface area (Å²) in [5, 5.41) is 0. The highest BCUT2D eigenvalue weighted by atomic mass is 32.2. The van der Waals surface area contributed by atoms with Crippen LogP contribution in [0.3, 0.4) is 0 Å². The van der Waals surface area contributed by atoms with E-state index in [1.165, 1.54) is 6.42 Å². The second kappa shape index (κ2) is 7.74. The number of nitrogens with zero attached hydrogens (tertiary/aromatic N) is 2. The van der Waals surface area contributed by atoms with E-state index in [-0.39, 0.29) is 5.91 Å². The normalized spacial score (nSPS) is 21.2. The van der Waals surface area contributed by atoms with E-state index in [0.717, 1.165) is 33.1 Å². The molecule has 24 heavy (non-hydrogen) atoms. The highest BCUT2D eigenvalue weighted by Gasteiger charge is 2.28. The summed E-state index contributed by atoms with van der Waals surface area (Å²) < 4.78 is 7.59. The van der Waals surface area contributed by atoms with Crippen LogP contribution in [0.2, 0.25) is 0 Å². The van der Waals surface area contributed by atoms with Crippen LogP contribution in [0.4, 0.5) is 0 Å².